The first kappa shape index (κ1) is 11.6. The number of carbonyl (C=O) groups excluding carboxylic acids is 1. The van der Waals surface area contributed by atoms with Crippen LogP contribution in [0.25, 0.3) is 0 Å². The van der Waals surface area contributed by atoms with Gasteiger partial charge < -0.3 is 10.5 Å². The maximum atomic E-state index is 11.3. The van der Waals surface area contributed by atoms with Crippen LogP contribution in [0.15, 0.2) is 18.5 Å². The first-order valence-electron chi connectivity index (χ1n) is 4.61. The molecule has 15 heavy (non-hydrogen) atoms. The SMILES string of the molecule is COC(=O)C(N)C(C)(C)c1ncccn1. The van der Waals surface area contributed by atoms with E-state index in [0.29, 0.717) is 5.82 Å². The van der Waals surface area contributed by atoms with Crippen molar-refractivity contribution in [3.63, 3.8) is 0 Å². The lowest BCUT2D eigenvalue weighted by atomic mass is 9.84. The van der Waals surface area contributed by atoms with Gasteiger partial charge in [-0.1, -0.05) is 13.8 Å². The Bertz CT molecular complexity index is 338. The van der Waals surface area contributed by atoms with Crippen LogP contribution in [0.1, 0.15) is 19.7 Å². The average Bonchev–Trinajstić information content (AvgIpc) is 2.28. The molecule has 1 atom stereocenters. The smallest absolute Gasteiger partial charge is 0.323 e. The maximum Gasteiger partial charge on any atom is 0.323 e. The van der Waals surface area contributed by atoms with Crippen molar-refractivity contribution in [3.8, 4) is 0 Å². The minimum atomic E-state index is -0.773. The van der Waals surface area contributed by atoms with E-state index >= 15 is 0 Å². The standard InChI is InChI=1S/C10H15N3O2/c1-10(2,7(11)8(14)15-3)9-12-5-4-6-13-9/h4-7H,11H2,1-3H3. The molecule has 0 saturated carbocycles. The molecular weight excluding hydrogens is 194 g/mol. The van der Waals surface area contributed by atoms with Gasteiger partial charge in [-0.3, -0.25) is 4.79 Å². The molecule has 0 aliphatic heterocycles. The van der Waals surface area contributed by atoms with E-state index in [9.17, 15) is 4.79 Å². The third-order valence-electron chi connectivity index (χ3n) is 2.37. The summed E-state index contributed by atoms with van der Waals surface area (Å²) in [6, 6.07) is 0.938. The van der Waals surface area contributed by atoms with Crippen LogP contribution >= 0.6 is 0 Å². The van der Waals surface area contributed by atoms with Crippen LogP contribution < -0.4 is 5.73 Å². The van der Waals surface area contributed by atoms with E-state index in [1.165, 1.54) is 7.11 Å². The number of esters is 1. The quantitative estimate of drug-likeness (QED) is 0.722. The summed E-state index contributed by atoms with van der Waals surface area (Å²) in [7, 11) is 1.31. The summed E-state index contributed by atoms with van der Waals surface area (Å²) in [6.07, 6.45) is 3.24. The zero-order chi connectivity index (χ0) is 11.5. The predicted octanol–water partition coefficient (Wildman–Crippen LogP) is 0.254. The van der Waals surface area contributed by atoms with Crippen LogP contribution in [-0.4, -0.2) is 29.1 Å². The Balaban J connectivity index is 2.97. The van der Waals surface area contributed by atoms with Gasteiger partial charge in [0.1, 0.15) is 11.9 Å². The lowest BCUT2D eigenvalue weighted by molar-refractivity contribution is -0.143. The Labute approximate surface area is 88.7 Å². The Morgan fingerprint density at radius 2 is 2.00 bits per heavy atom. The monoisotopic (exact) mass is 209 g/mol. The molecule has 82 valence electrons. The molecule has 2 N–H and O–H groups in total. The van der Waals surface area contributed by atoms with Crippen LogP contribution in [0, 0.1) is 0 Å². The number of rotatable bonds is 3. The van der Waals surface area contributed by atoms with Crippen molar-refractivity contribution in [1.82, 2.24) is 9.97 Å². The molecule has 5 nitrogen and oxygen atoms in total. The summed E-state index contributed by atoms with van der Waals surface area (Å²) < 4.78 is 4.60. The van der Waals surface area contributed by atoms with Gasteiger partial charge in [-0.25, -0.2) is 9.97 Å². The molecule has 0 bridgehead atoms. The van der Waals surface area contributed by atoms with Gasteiger partial charge in [-0.05, 0) is 6.07 Å². The van der Waals surface area contributed by atoms with Gasteiger partial charge in [-0.15, -0.1) is 0 Å². The topological polar surface area (TPSA) is 78.1 Å². The number of ether oxygens (including phenoxy) is 1. The number of aromatic nitrogens is 2. The highest BCUT2D eigenvalue weighted by Crippen LogP contribution is 2.22. The van der Waals surface area contributed by atoms with Crippen molar-refractivity contribution in [2.45, 2.75) is 25.3 Å². The van der Waals surface area contributed by atoms with E-state index in [1.807, 2.05) is 13.8 Å². The van der Waals surface area contributed by atoms with Gasteiger partial charge >= 0.3 is 5.97 Å². The first-order chi connectivity index (χ1) is 7.00. The molecule has 1 rings (SSSR count). The Morgan fingerprint density at radius 1 is 1.47 bits per heavy atom. The Kier molecular flexibility index (Phi) is 3.36. The van der Waals surface area contributed by atoms with E-state index in [1.54, 1.807) is 18.5 Å². The molecule has 0 aliphatic rings. The van der Waals surface area contributed by atoms with Gasteiger partial charge in [-0.2, -0.15) is 0 Å². The highest BCUT2D eigenvalue weighted by Gasteiger charge is 2.36. The predicted molar refractivity (Wildman–Crippen MR) is 55.0 cm³/mol. The summed E-state index contributed by atoms with van der Waals surface area (Å²) in [5.74, 6) is 0.0651. The first-order valence-corrected chi connectivity index (χ1v) is 4.61. The fourth-order valence-electron chi connectivity index (χ4n) is 1.19. The van der Waals surface area contributed by atoms with Crippen LogP contribution in [-0.2, 0) is 14.9 Å². The van der Waals surface area contributed by atoms with Crippen molar-refractivity contribution in [2.24, 2.45) is 5.73 Å². The molecule has 1 aromatic rings. The van der Waals surface area contributed by atoms with Gasteiger partial charge in [0.15, 0.2) is 0 Å². The number of hydrogen-bond donors (Lipinski definition) is 1. The molecule has 5 heteroatoms. The molecule has 1 aromatic heterocycles. The summed E-state index contributed by atoms with van der Waals surface area (Å²) in [4.78, 5) is 19.5. The second-order valence-electron chi connectivity index (χ2n) is 3.79. The summed E-state index contributed by atoms with van der Waals surface area (Å²) in [5.41, 5.74) is 5.14. The lowest BCUT2D eigenvalue weighted by Gasteiger charge is -2.27. The van der Waals surface area contributed by atoms with E-state index in [-0.39, 0.29) is 0 Å². The van der Waals surface area contributed by atoms with E-state index in [4.69, 9.17) is 5.73 Å². The third-order valence-corrected chi connectivity index (χ3v) is 2.37. The molecule has 0 fully saturated rings. The zero-order valence-electron chi connectivity index (χ0n) is 9.10. The molecule has 0 saturated heterocycles. The molecule has 1 heterocycles. The third kappa shape index (κ3) is 2.30. The van der Waals surface area contributed by atoms with Crippen LogP contribution in [0.4, 0.5) is 0 Å². The maximum absolute atomic E-state index is 11.3. The van der Waals surface area contributed by atoms with Gasteiger partial charge in [0.25, 0.3) is 0 Å². The zero-order valence-corrected chi connectivity index (χ0v) is 9.10. The summed E-state index contributed by atoms with van der Waals surface area (Å²) in [5, 5.41) is 0. The van der Waals surface area contributed by atoms with Crippen molar-refractivity contribution in [2.75, 3.05) is 7.11 Å². The Morgan fingerprint density at radius 3 is 2.47 bits per heavy atom. The molecule has 0 amide bonds. The highest BCUT2D eigenvalue weighted by molar-refractivity contribution is 5.77. The van der Waals surface area contributed by atoms with Crippen LogP contribution in [0.2, 0.25) is 0 Å². The highest BCUT2D eigenvalue weighted by atomic mass is 16.5. The lowest BCUT2D eigenvalue weighted by Crippen LogP contribution is -2.48. The molecule has 0 radical (unpaired) electrons. The summed E-state index contributed by atoms with van der Waals surface area (Å²) >= 11 is 0. The van der Waals surface area contributed by atoms with Gasteiger partial charge in [0.2, 0.25) is 0 Å². The van der Waals surface area contributed by atoms with Crippen molar-refractivity contribution >= 4 is 5.97 Å². The number of methoxy groups -OCH3 is 1. The normalized spacial score (nSPS) is 13.3. The largest absolute Gasteiger partial charge is 0.468 e. The molecular formula is C10H15N3O2. The number of nitrogens with two attached hydrogens (primary N) is 1. The summed E-state index contributed by atoms with van der Waals surface area (Å²) in [6.45, 7) is 3.62. The molecule has 1 unspecified atom stereocenters. The number of hydrogen-bond acceptors (Lipinski definition) is 5. The molecule has 0 aromatic carbocycles. The van der Waals surface area contributed by atoms with E-state index in [2.05, 4.69) is 14.7 Å². The van der Waals surface area contributed by atoms with Crippen molar-refractivity contribution < 1.29 is 9.53 Å². The fraction of sp³-hybridized carbons (Fsp3) is 0.500. The van der Waals surface area contributed by atoms with Gasteiger partial charge in [0.05, 0.1) is 12.5 Å². The second-order valence-corrected chi connectivity index (χ2v) is 3.79. The van der Waals surface area contributed by atoms with E-state index < -0.39 is 17.4 Å². The average molecular weight is 209 g/mol. The molecule has 0 aliphatic carbocycles. The van der Waals surface area contributed by atoms with Crippen molar-refractivity contribution in [3.05, 3.63) is 24.3 Å². The minimum absolute atomic E-state index is 0.465. The fourth-order valence-corrected chi connectivity index (χ4v) is 1.19. The van der Waals surface area contributed by atoms with Gasteiger partial charge in [0, 0.05) is 12.4 Å². The van der Waals surface area contributed by atoms with Crippen molar-refractivity contribution in [1.29, 1.82) is 0 Å². The molecule has 0 spiro atoms. The second kappa shape index (κ2) is 4.35. The van der Waals surface area contributed by atoms with E-state index in [0.717, 1.165) is 0 Å². The van der Waals surface area contributed by atoms with Crippen LogP contribution in [0.5, 0.6) is 0 Å². The number of nitrogens with zero attached hydrogens (tertiary/aromatic N) is 2. The minimum Gasteiger partial charge on any atom is -0.468 e. The Hall–Kier alpha value is -1.49. The van der Waals surface area contributed by atoms with Crippen LogP contribution in [0.3, 0.4) is 0 Å². The number of carbonyl (C=O) groups is 1.